The fourth-order valence-corrected chi connectivity index (χ4v) is 5.09. The van der Waals surface area contributed by atoms with Crippen molar-refractivity contribution in [3.63, 3.8) is 0 Å². The van der Waals surface area contributed by atoms with Crippen LogP contribution in [0.5, 0.6) is 0 Å². The number of hydrogen-bond acceptors (Lipinski definition) is 4. The van der Waals surface area contributed by atoms with Gasteiger partial charge in [0, 0.05) is 25.4 Å². The van der Waals surface area contributed by atoms with Crippen LogP contribution in [0.15, 0.2) is 23.1 Å². The van der Waals surface area contributed by atoms with Crippen molar-refractivity contribution in [1.29, 1.82) is 0 Å². The van der Waals surface area contributed by atoms with Gasteiger partial charge in [0.15, 0.2) is 0 Å². The summed E-state index contributed by atoms with van der Waals surface area (Å²) in [4.78, 5) is -0.0191. The predicted molar refractivity (Wildman–Crippen MR) is 75.0 cm³/mol. The Hall–Kier alpha value is -0.630. The average Bonchev–Trinajstić information content (AvgIpc) is 2.91. The van der Waals surface area contributed by atoms with Crippen molar-refractivity contribution in [2.24, 2.45) is 5.73 Å². The number of benzene rings is 1. The smallest absolute Gasteiger partial charge is 0.243 e. The maximum absolute atomic E-state index is 13.3. The molecule has 106 valence electrons. The first-order valence-electron chi connectivity index (χ1n) is 6.01. The molecule has 7 heteroatoms. The predicted octanol–water partition coefficient (Wildman–Crippen LogP) is 1.41. The molecule has 0 saturated carbocycles. The van der Waals surface area contributed by atoms with E-state index in [9.17, 15) is 12.8 Å². The van der Waals surface area contributed by atoms with E-state index in [1.807, 2.05) is 0 Å². The molecule has 1 aliphatic rings. The van der Waals surface area contributed by atoms with Crippen LogP contribution >= 0.6 is 11.8 Å². The zero-order valence-electron chi connectivity index (χ0n) is 10.7. The van der Waals surface area contributed by atoms with Gasteiger partial charge in [-0.1, -0.05) is 6.07 Å². The maximum Gasteiger partial charge on any atom is 0.243 e. The maximum atomic E-state index is 13.3. The number of nitrogens with two attached hydrogens (primary N) is 1. The quantitative estimate of drug-likeness (QED) is 0.913. The van der Waals surface area contributed by atoms with Gasteiger partial charge in [-0.15, -0.1) is 0 Å². The van der Waals surface area contributed by atoms with Crippen LogP contribution in [0.1, 0.15) is 12.0 Å². The monoisotopic (exact) mass is 304 g/mol. The summed E-state index contributed by atoms with van der Waals surface area (Å²) >= 11 is 1.73. The molecule has 2 rings (SSSR count). The number of halogens is 1. The van der Waals surface area contributed by atoms with Crippen LogP contribution < -0.4 is 5.73 Å². The highest BCUT2D eigenvalue weighted by Crippen LogP contribution is 2.28. The van der Waals surface area contributed by atoms with Crippen LogP contribution in [0.2, 0.25) is 0 Å². The molecule has 1 fully saturated rings. The van der Waals surface area contributed by atoms with Gasteiger partial charge < -0.3 is 5.73 Å². The highest BCUT2D eigenvalue weighted by molar-refractivity contribution is 7.99. The minimum absolute atomic E-state index is 0.0191. The van der Waals surface area contributed by atoms with E-state index in [1.54, 1.807) is 18.8 Å². The highest BCUT2D eigenvalue weighted by Gasteiger charge is 2.31. The summed E-state index contributed by atoms with van der Waals surface area (Å²) in [5, 5.41) is 0. The first kappa shape index (κ1) is 14.8. The second-order valence-corrected chi connectivity index (χ2v) is 7.61. The van der Waals surface area contributed by atoms with E-state index in [-0.39, 0.29) is 17.5 Å². The Kier molecular flexibility index (Phi) is 4.50. The van der Waals surface area contributed by atoms with E-state index in [1.165, 1.54) is 16.4 Å². The summed E-state index contributed by atoms with van der Waals surface area (Å²) < 4.78 is 39.8. The molecule has 4 nitrogen and oxygen atoms in total. The molecule has 2 N–H and O–H groups in total. The summed E-state index contributed by atoms with van der Waals surface area (Å²) in [6.45, 7) is 0.0715. The number of rotatable bonds is 4. The second kappa shape index (κ2) is 5.78. The van der Waals surface area contributed by atoms with Crippen LogP contribution in [0, 0.1) is 5.82 Å². The van der Waals surface area contributed by atoms with Crippen molar-refractivity contribution < 1.29 is 12.8 Å². The molecule has 1 aromatic rings. The molecule has 0 bridgehead atoms. The van der Waals surface area contributed by atoms with E-state index >= 15 is 0 Å². The third kappa shape index (κ3) is 2.94. The van der Waals surface area contributed by atoms with Crippen molar-refractivity contribution in [1.82, 2.24) is 4.31 Å². The SMILES string of the molecule is CN(C1CCSC1)S(=O)(=O)c1cc(F)ccc1CN. The zero-order chi connectivity index (χ0) is 14.0. The van der Waals surface area contributed by atoms with Crippen molar-refractivity contribution in [3.05, 3.63) is 29.6 Å². The Morgan fingerprint density at radius 1 is 1.53 bits per heavy atom. The third-order valence-corrected chi connectivity index (χ3v) is 6.46. The van der Waals surface area contributed by atoms with Crippen LogP contribution in [0.25, 0.3) is 0 Å². The molecule has 1 saturated heterocycles. The highest BCUT2D eigenvalue weighted by atomic mass is 32.2. The molecule has 0 radical (unpaired) electrons. The van der Waals surface area contributed by atoms with Crippen molar-refractivity contribution in [3.8, 4) is 0 Å². The van der Waals surface area contributed by atoms with E-state index in [0.717, 1.165) is 24.0 Å². The Bertz CT molecular complexity index is 557. The molecule has 1 aromatic carbocycles. The minimum atomic E-state index is -3.69. The van der Waals surface area contributed by atoms with Gasteiger partial charge in [0.05, 0.1) is 4.90 Å². The molecule has 0 spiro atoms. The van der Waals surface area contributed by atoms with Crippen LogP contribution in [-0.4, -0.2) is 37.3 Å². The third-order valence-electron chi connectivity index (χ3n) is 3.33. The molecule has 0 aromatic heterocycles. The lowest BCUT2D eigenvalue weighted by Gasteiger charge is -2.24. The molecular formula is C12H17FN2O2S2. The zero-order valence-corrected chi connectivity index (χ0v) is 12.3. The lowest BCUT2D eigenvalue weighted by molar-refractivity contribution is 0.394. The normalized spacial score (nSPS) is 20.1. The number of sulfonamides is 1. The Morgan fingerprint density at radius 3 is 2.84 bits per heavy atom. The summed E-state index contributed by atoms with van der Waals surface area (Å²) in [5.41, 5.74) is 5.98. The Labute approximate surface area is 117 Å². The summed E-state index contributed by atoms with van der Waals surface area (Å²) in [6, 6.07) is 3.69. The lowest BCUT2D eigenvalue weighted by Crippen LogP contribution is -2.37. The van der Waals surface area contributed by atoms with Gasteiger partial charge in [-0.2, -0.15) is 16.1 Å². The summed E-state index contributed by atoms with van der Waals surface area (Å²) in [6.07, 6.45) is 0.827. The van der Waals surface area contributed by atoms with E-state index in [2.05, 4.69) is 0 Å². The number of hydrogen-bond donors (Lipinski definition) is 1. The Morgan fingerprint density at radius 2 is 2.26 bits per heavy atom. The lowest BCUT2D eigenvalue weighted by atomic mass is 10.2. The molecule has 1 unspecified atom stereocenters. The summed E-state index contributed by atoms with van der Waals surface area (Å²) in [5.74, 6) is 1.17. The first-order chi connectivity index (χ1) is 8.96. The van der Waals surface area contributed by atoms with Crippen LogP contribution in [0.3, 0.4) is 0 Å². The van der Waals surface area contributed by atoms with Gasteiger partial charge in [-0.3, -0.25) is 0 Å². The van der Waals surface area contributed by atoms with Gasteiger partial charge in [-0.05, 0) is 29.9 Å². The van der Waals surface area contributed by atoms with Crippen molar-refractivity contribution >= 4 is 21.8 Å². The van der Waals surface area contributed by atoms with Crippen molar-refractivity contribution in [2.75, 3.05) is 18.6 Å². The molecular weight excluding hydrogens is 287 g/mol. The second-order valence-electron chi connectivity index (χ2n) is 4.49. The summed E-state index contributed by atoms with van der Waals surface area (Å²) in [7, 11) is -2.14. The minimum Gasteiger partial charge on any atom is -0.326 e. The van der Waals surface area contributed by atoms with E-state index in [4.69, 9.17) is 5.73 Å². The first-order valence-corrected chi connectivity index (χ1v) is 8.60. The largest absolute Gasteiger partial charge is 0.326 e. The topological polar surface area (TPSA) is 63.4 Å². The molecule has 0 amide bonds. The fourth-order valence-electron chi connectivity index (χ4n) is 2.10. The fraction of sp³-hybridized carbons (Fsp3) is 0.500. The van der Waals surface area contributed by atoms with E-state index in [0.29, 0.717) is 5.56 Å². The van der Waals surface area contributed by atoms with Gasteiger partial charge in [-0.25, -0.2) is 12.8 Å². The average molecular weight is 304 g/mol. The number of nitrogens with zero attached hydrogens (tertiary/aromatic N) is 1. The van der Waals surface area contributed by atoms with Crippen LogP contribution in [-0.2, 0) is 16.6 Å². The molecule has 1 aliphatic heterocycles. The van der Waals surface area contributed by atoms with Gasteiger partial charge in [0.25, 0.3) is 0 Å². The molecule has 0 aliphatic carbocycles. The molecule has 1 atom stereocenters. The number of thioether (sulfide) groups is 1. The van der Waals surface area contributed by atoms with Crippen molar-refractivity contribution in [2.45, 2.75) is 23.9 Å². The van der Waals surface area contributed by atoms with Crippen LogP contribution in [0.4, 0.5) is 4.39 Å². The Balaban J connectivity index is 2.40. The molecule has 19 heavy (non-hydrogen) atoms. The molecule has 1 heterocycles. The standard InChI is InChI=1S/C12H17FN2O2S2/c1-15(11-4-5-18-8-11)19(16,17)12-6-10(13)3-2-9(12)7-14/h2-3,6,11H,4-5,7-8,14H2,1H3. The van der Waals surface area contributed by atoms with Gasteiger partial charge in [0.1, 0.15) is 5.82 Å². The van der Waals surface area contributed by atoms with Gasteiger partial charge in [0.2, 0.25) is 10.0 Å². The van der Waals surface area contributed by atoms with E-state index < -0.39 is 15.8 Å². The van der Waals surface area contributed by atoms with Gasteiger partial charge >= 0.3 is 0 Å².